The molecule has 0 saturated carbocycles. The van der Waals surface area contributed by atoms with E-state index in [4.69, 9.17) is 9.47 Å². The maximum atomic E-state index is 11.8. The van der Waals surface area contributed by atoms with Gasteiger partial charge >= 0.3 is 0 Å². The quantitative estimate of drug-likeness (QED) is 0.575. The first-order valence-corrected chi connectivity index (χ1v) is 6.20. The standard InChI is InChI=1S/C15H22O3/c1-12-6-5-7-13(10-12)14(16)11-17-8-9-18-15(2,3)4/h5-7,10H,8-9,11H2,1-4H3. The first-order chi connectivity index (χ1) is 8.38. The Morgan fingerprint density at radius 3 is 2.56 bits per heavy atom. The van der Waals surface area contributed by atoms with E-state index in [1.54, 1.807) is 0 Å². The summed E-state index contributed by atoms with van der Waals surface area (Å²) in [7, 11) is 0. The van der Waals surface area contributed by atoms with Crippen LogP contribution >= 0.6 is 0 Å². The van der Waals surface area contributed by atoms with Gasteiger partial charge in [0.2, 0.25) is 0 Å². The van der Waals surface area contributed by atoms with Crippen molar-refractivity contribution in [1.82, 2.24) is 0 Å². The van der Waals surface area contributed by atoms with Gasteiger partial charge in [-0.1, -0.05) is 23.8 Å². The Kier molecular flexibility index (Phi) is 5.51. The molecule has 0 saturated heterocycles. The van der Waals surface area contributed by atoms with Crippen molar-refractivity contribution < 1.29 is 14.3 Å². The van der Waals surface area contributed by atoms with Gasteiger partial charge < -0.3 is 9.47 Å². The van der Waals surface area contributed by atoms with Gasteiger partial charge in [-0.15, -0.1) is 0 Å². The fourth-order valence-corrected chi connectivity index (χ4v) is 1.47. The van der Waals surface area contributed by atoms with Crippen molar-refractivity contribution in [2.75, 3.05) is 19.8 Å². The summed E-state index contributed by atoms with van der Waals surface area (Å²) in [6.45, 7) is 8.99. The lowest BCUT2D eigenvalue weighted by molar-refractivity contribution is -0.0324. The lowest BCUT2D eigenvalue weighted by Crippen LogP contribution is -2.22. The molecule has 0 aromatic heterocycles. The molecular weight excluding hydrogens is 228 g/mol. The highest BCUT2D eigenvalue weighted by Gasteiger charge is 2.10. The lowest BCUT2D eigenvalue weighted by atomic mass is 10.1. The maximum Gasteiger partial charge on any atom is 0.188 e. The smallest absolute Gasteiger partial charge is 0.188 e. The Morgan fingerprint density at radius 2 is 1.94 bits per heavy atom. The third-order valence-electron chi connectivity index (χ3n) is 2.34. The number of ether oxygens (including phenoxy) is 2. The highest BCUT2D eigenvalue weighted by Crippen LogP contribution is 2.07. The summed E-state index contributed by atoms with van der Waals surface area (Å²) in [6.07, 6.45) is 0. The molecule has 0 aliphatic carbocycles. The summed E-state index contributed by atoms with van der Waals surface area (Å²) < 4.78 is 10.8. The van der Waals surface area contributed by atoms with Crippen molar-refractivity contribution in [3.63, 3.8) is 0 Å². The third-order valence-corrected chi connectivity index (χ3v) is 2.34. The van der Waals surface area contributed by atoms with E-state index in [9.17, 15) is 4.79 Å². The van der Waals surface area contributed by atoms with Crippen molar-refractivity contribution in [2.24, 2.45) is 0 Å². The molecule has 0 fully saturated rings. The minimum Gasteiger partial charge on any atom is -0.373 e. The second-order valence-corrected chi connectivity index (χ2v) is 5.31. The fourth-order valence-electron chi connectivity index (χ4n) is 1.47. The summed E-state index contributed by atoms with van der Waals surface area (Å²) in [5.74, 6) is 0.00876. The molecular formula is C15H22O3. The number of carbonyl (C=O) groups is 1. The van der Waals surface area contributed by atoms with Crippen LogP contribution in [0.15, 0.2) is 24.3 Å². The minimum absolute atomic E-state index is 0.00876. The van der Waals surface area contributed by atoms with Gasteiger partial charge in [0.05, 0.1) is 18.8 Å². The second-order valence-electron chi connectivity index (χ2n) is 5.31. The summed E-state index contributed by atoms with van der Waals surface area (Å²) in [4.78, 5) is 11.8. The van der Waals surface area contributed by atoms with E-state index >= 15 is 0 Å². The van der Waals surface area contributed by atoms with E-state index in [0.717, 1.165) is 5.56 Å². The first kappa shape index (κ1) is 14.9. The Bertz CT molecular complexity index is 391. The predicted octanol–water partition coefficient (Wildman–Crippen LogP) is 3.01. The predicted molar refractivity (Wildman–Crippen MR) is 72.0 cm³/mol. The van der Waals surface area contributed by atoms with Crippen molar-refractivity contribution in [1.29, 1.82) is 0 Å². The lowest BCUT2D eigenvalue weighted by Gasteiger charge is -2.19. The Morgan fingerprint density at radius 1 is 1.22 bits per heavy atom. The molecule has 18 heavy (non-hydrogen) atoms. The number of Topliss-reactive ketones (excluding diaryl/α,β-unsaturated/α-hetero) is 1. The first-order valence-electron chi connectivity index (χ1n) is 6.20. The molecule has 0 heterocycles. The van der Waals surface area contributed by atoms with Crippen molar-refractivity contribution in [2.45, 2.75) is 33.3 Å². The molecule has 0 N–H and O–H groups in total. The molecule has 1 aromatic carbocycles. The Hall–Kier alpha value is -1.19. The number of benzene rings is 1. The van der Waals surface area contributed by atoms with Crippen LogP contribution in [0.5, 0.6) is 0 Å². The van der Waals surface area contributed by atoms with Crippen LogP contribution < -0.4 is 0 Å². The van der Waals surface area contributed by atoms with Crippen LogP contribution in [0.4, 0.5) is 0 Å². The highest BCUT2D eigenvalue weighted by atomic mass is 16.5. The zero-order valence-electron chi connectivity index (χ0n) is 11.7. The van der Waals surface area contributed by atoms with Gasteiger partial charge in [-0.05, 0) is 33.8 Å². The average Bonchev–Trinajstić information content (AvgIpc) is 2.26. The van der Waals surface area contributed by atoms with Crippen molar-refractivity contribution >= 4 is 5.78 Å². The summed E-state index contributed by atoms with van der Waals surface area (Å²) in [5.41, 5.74) is 1.62. The Balaban J connectivity index is 2.26. The maximum absolute atomic E-state index is 11.8. The number of ketones is 1. The monoisotopic (exact) mass is 250 g/mol. The van der Waals surface area contributed by atoms with Crippen LogP contribution in [0.25, 0.3) is 0 Å². The molecule has 100 valence electrons. The highest BCUT2D eigenvalue weighted by molar-refractivity contribution is 5.97. The molecule has 0 radical (unpaired) electrons. The van der Waals surface area contributed by atoms with Crippen LogP contribution in [0, 0.1) is 6.92 Å². The number of hydrogen-bond donors (Lipinski definition) is 0. The van der Waals surface area contributed by atoms with E-state index in [1.807, 2.05) is 52.0 Å². The molecule has 0 spiro atoms. The summed E-state index contributed by atoms with van der Waals surface area (Å²) in [5, 5.41) is 0. The zero-order valence-corrected chi connectivity index (χ0v) is 11.7. The average molecular weight is 250 g/mol. The van der Waals surface area contributed by atoms with Crippen LogP contribution in [0.2, 0.25) is 0 Å². The van der Waals surface area contributed by atoms with E-state index in [1.165, 1.54) is 0 Å². The molecule has 0 unspecified atom stereocenters. The normalized spacial score (nSPS) is 11.6. The Labute approximate surface area is 109 Å². The third kappa shape index (κ3) is 5.94. The van der Waals surface area contributed by atoms with Gasteiger partial charge in [-0.2, -0.15) is 0 Å². The van der Waals surface area contributed by atoms with E-state index in [0.29, 0.717) is 18.8 Å². The fraction of sp³-hybridized carbons (Fsp3) is 0.533. The van der Waals surface area contributed by atoms with Gasteiger partial charge in [0.15, 0.2) is 5.78 Å². The molecule has 0 amide bonds. The SMILES string of the molecule is Cc1cccc(C(=O)COCCOC(C)(C)C)c1. The van der Waals surface area contributed by atoms with Gasteiger partial charge in [-0.3, -0.25) is 4.79 Å². The molecule has 0 aliphatic rings. The van der Waals surface area contributed by atoms with Crippen LogP contribution in [-0.4, -0.2) is 31.2 Å². The van der Waals surface area contributed by atoms with E-state index in [2.05, 4.69) is 0 Å². The van der Waals surface area contributed by atoms with E-state index in [-0.39, 0.29) is 18.0 Å². The summed E-state index contributed by atoms with van der Waals surface area (Å²) >= 11 is 0. The van der Waals surface area contributed by atoms with Gasteiger partial charge in [0, 0.05) is 5.56 Å². The zero-order chi connectivity index (χ0) is 13.6. The number of hydrogen-bond acceptors (Lipinski definition) is 3. The van der Waals surface area contributed by atoms with Crippen LogP contribution in [0.3, 0.4) is 0 Å². The molecule has 1 rings (SSSR count). The molecule has 0 bridgehead atoms. The van der Waals surface area contributed by atoms with Crippen LogP contribution in [-0.2, 0) is 9.47 Å². The molecule has 3 nitrogen and oxygen atoms in total. The van der Waals surface area contributed by atoms with Crippen molar-refractivity contribution in [3.05, 3.63) is 35.4 Å². The molecule has 0 atom stereocenters. The van der Waals surface area contributed by atoms with Gasteiger partial charge in [0.1, 0.15) is 6.61 Å². The topological polar surface area (TPSA) is 35.5 Å². The molecule has 0 aliphatic heterocycles. The molecule has 1 aromatic rings. The van der Waals surface area contributed by atoms with Gasteiger partial charge in [0.25, 0.3) is 0 Å². The van der Waals surface area contributed by atoms with Crippen molar-refractivity contribution in [3.8, 4) is 0 Å². The largest absolute Gasteiger partial charge is 0.373 e. The number of aryl methyl sites for hydroxylation is 1. The van der Waals surface area contributed by atoms with Gasteiger partial charge in [-0.25, -0.2) is 0 Å². The molecule has 3 heteroatoms. The van der Waals surface area contributed by atoms with E-state index < -0.39 is 0 Å². The second kappa shape index (κ2) is 6.66. The van der Waals surface area contributed by atoms with Crippen LogP contribution in [0.1, 0.15) is 36.7 Å². The number of rotatable bonds is 6. The minimum atomic E-state index is -0.163. The number of carbonyl (C=O) groups excluding carboxylic acids is 1. The summed E-state index contributed by atoms with van der Waals surface area (Å²) in [6, 6.07) is 7.53.